The number of nitro benzene ring substituents is 1. The summed E-state index contributed by atoms with van der Waals surface area (Å²) in [5.41, 5.74) is 0.716. The first-order valence-electron chi connectivity index (χ1n) is 5.92. The number of anilines is 1. The monoisotopic (exact) mass is 269 g/mol. The van der Waals surface area contributed by atoms with E-state index >= 15 is 0 Å². The highest BCUT2D eigenvalue weighted by Gasteiger charge is 2.26. The Morgan fingerprint density at radius 2 is 2.00 bits per heavy atom. The Morgan fingerprint density at radius 1 is 1.39 bits per heavy atom. The predicted octanol–water partition coefficient (Wildman–Crippen LogP) is 2.43. The molecule has 1 aliphatic rings. The second kappa shape index (κ2) is 5.12. The summed E-state index contributed by atoms with van der Waals surface area (Å²) in [7, 11) is 0. The summed E-state index contributed by atoms with van der Waals surface area (Å²) in [4.78, 5) is 12.7. The van der Waals surface area contributed by atoms with Gasteiger partial charge < -0.3 is 10.2 Å². The first kappa shape index (κ1) is 13.1. The van der Waals surface area contributed by atoms with E-state index in [1.54, 1.807) is 12.1 Å². The molecule has 6 heteroatoms. The third-order valence-electron chi connectivity index (χ3n) is 3.03. The van der Waals surface area contributed by atoms with Crippen LogP contribution in [-0.4, -0.2) is 30.1 Å². The molecule has 0 spiro atoms. The van der Waals surface area contributed by atoms with E-state index in [0.29, 0.717) is 22.8 Å². The minimum absolute atomic E-state index is 0.112. The van der Waals surface area contributed by atoms with Crippen LogP contribution in [0, 0.1) is 10.1 Å². The largest absolute Gasteiger partial charge is 0.363 e. The van der Waals surface area contributed by atoms with Crippen LogP contribution in [0.2, 0.25) is 5.02 Å². The summed E-state index contributed by atoms with van der Waals surface area (Å²) < 4.78 is 0. The summed E-state index contributed by atoms with van der Waals surface area (Å²) in [6.45, 7) is 5.62. The maximum absolute atomic E-state index is 11.1. The van der Waals surface area contributed by atoms with Crippen LogP contribution in [0.15, 0.2) is 18.2 Å². The molecule has 1 fully saturated rings. The van der Waals surface area contributed by atoms with Crippen molar-refractivity contribution in [3.05, 3.63) is 33.3 Å². The van der Waals surface area contributed by atoms with E-state index in [0.717, 1.165) is 13.1 Å². The van der Waals surface area contributed by atoms with Crippen molar-refractivity contribution in [2.45, 2.75) is 25.9 Å². The molecule has 0 aromatic heterocycles. The lowest BCUT2D eigenvalue weighted by molar-refractivity contribution is -0.384. The molecule has 98 valence electrons. The Bertz CT molecular complexity index is 457. The summed E-state index contributed by atoms with van der Waals surface area (Å²) in [6, 6.07) is 5.29. The van der Waals surface area contributed by atoms with Gasteiger partial charge in [-0.1, -0.05) is 11.6 Å². The Balaban J connectivity index is 2.36. The van der Waals surface area contributed by atoms with E-state index < -0.39 is 0 Å². The molecule has 0 aliphatic carbocycles. The quantitative estimate of drug-likeness (QED) is 0.662. The van der Waals surface area contributed by atoms with Crippen LogP contribution in [-0.2, 0) is 0 Å². The van der Waals surface area contributed by atoms with Crippen LogP contribution < -0.4 is 10.2 Å². The second-order valence-electron chi connectivity index (χ2n) is 4.76. The van der Waals surface area contributed by atoms with Crippen LogP contribution in [0.25, 0.3) is 0 Å². The van der Waals surface area contributed by atoms with Crippen LogP contribution in [0.1, 0.15) is 13.8 Å². The molecular formula is C12H16ClN3O2. The number of nitrogens with one attached hydrogen (secondary N) is 1. The fourth-order valence-corrected chi connectivity index (χ4v) is 2.59. The number of piperazine rings is 1. The maximum atomic E-state index is 11.1. The van der Waals surface area contributed by atoms with Crippen molar-refractivity contribution in [2.75, 3.05) is 18.0 Å². The third-order valence-corrected chi connectivity index (χ3v) is 3.27. The van der Waals surface area contributed by atoms with Gasteiger partial charge in [0.05, 0.1) is 4.92 Å². The molecule has 0 radical (unpaired) electrons. The molecular weight excluding hydrogens is 254 g/mol. The highest BCUT2D eigenvalue weighted by Crippen LogP contribution is 2.32. The normalized spacial score (nSPS) is 24.1. The van der Waals surface area contributed by atoms with Gasteiger partial charge in [-0.05, 0) is 26.0 Å². The van der Waals surface area contributed by atoms with E-state index in [1.165, 1.54) is 6.07 Å². The summed E-state index contributed by atoms with van der Waals surface area (Å²) >= 11 is 5.95. The minimum Gasteiger partial charge on any atom is -0.363 e. The zero-order chi connectivity index (χ0) is 13.3. The Morgan fingerprint density at radius 3 is 2.56 bits per heavy atom. The summed E-state index contributed by atoms with van der Waals surface area (Å²) in [6.07, 6.45) is 0. The number of hydrogen-bond donors (Lipinski definition) is 1. The van der Waals surface area contributed by atoms with Crippen molar-refractivity contribution in [1.82, 2.24) is 5.32 Å². The lowest BCUT2D eigenvalue weighted by atomic mass is 10.1. The molecule has 2 atom stereocenters. The lowest BCUT2D eigenvalue weighted by Crippen LogP contribution is -2.54. The molecule has 0 unspecified atom stereocenters. The average molecular weight is 270 g/mol. The fourth-order valence-electron chi connectivity index (χ4n) is 2.43. The number of rotatable bonds is 2. The van der Waals surface area contributed by atoms with Crippen molar-refractivity contribution in [1.29, 1.82) is 0 Å². The lowest BCUT2D eigenvalue weighted by Gasteiger charge is -2.37. The maximum Gasteiger partial charge on any atom is 0.292 e. The van der Waals surface area contributed by atoms with Crippen molar-refractivity contribution < 1.29 is 4.92 Å². The summed E-state index contributed by atoms with van der Waals surface area (Å²) in [5.74, 6) is 0. The average Bonchev–Trinajstić information content (AvgIpc) is 2.27. The van der Waals surface area contributed by atoms with Crippen molar-refractivity contribution in [2.24, 2.45) is 0 Å². The number of nitro groups is 1. The molecule has 0 saturated carbocycles. The molecule has 1 N–H and O–H groups in total. The van der Waals surface area contributed by atoms with Gasteiger partial charge in [0.25, 0.3) is 5.69 Å². The minimum atomic E-state index is -0.358. The van der Waals surface area contributed by atoms with Gasteiger partial charge in [-0.15, -0.1) is 0 Å². The van der Waals surface area contributed by atoms with Crippen molar-refractivity contribution >= 4 is 23.0 Å². The van der Waals surface area contributed by atoms with Crippen LogP contribution in [0.5, 0.6) is 0 Å². The second-order valence-corrected chi connectivity index (χ2v) is 5.20. The molecule has 1 aromatic rings. The highest BCUT2D eigenvalue weighted by molar-refractivity contribution is 6.31. The van der Waals surface area contributed by atoms with Crippen LogP contribution >= 0.6 is 11.6 Å². The van der Waals surface area contributed by atoms with Crippen molar-refractivity contribution in [3.63, 3.8) is 0 Å². The van der Waals surface area contributed by atoms with E-state index in [1.807, 2.05) is 4.90 Å². The summed E-state index contributed by atoms with van der Waals surface area (Å²) in [5, 5.41) is 15.0. The van der Waals surface area contributed by atoms with Crippen LogP contribution in [0.3, 0.4) is 0 Å². The Kier molecular flexibility index (Phi) is 3.73. The van der Waals surface area contributed by atoms with E-state index in [9.17, 15) is 10.1 Å². The molecule has 2 rings (SSSR count). The van der Waals surface area contributed by atoms with Gasteiger partial charge in [0, 0.05) is 36.3 Å². The van der Waals surface area contributed by atoms with E-state index in [4.69, 9.17) is 11.6 Å². The first-order chi connectivity index (χ1) is 8.47. The van der Waals surface area contributed by atoms with Gasteiger partial charge in [0.1, 0.15) is 5.69 Å². The number of benzene rings is 1. The van der Waals surface area contributed by atoms with Gasteiger partial charge in [0.15, 0.2) is 0 Å². The number of halogens is 1. The SMILES string of the molecule is C[C@H]1CN(c2cc(Cl)ccc2[N+](=O)[O-])C[C@H](C)N1. The zero-order valence-corrected chi connectivity index (χ0v) is 11.1. The van der Waals surface area contributed by atoms with Gasteiger partial charge >= 0.3 is 0 Å². The smallest absolute Gasteiger partial charge is 0.292 e. The Labute approximate surface area is 111 Å². The molecule has 1 heterocycles. The first-order valence-corrected chi connectivity index (χ1v) is 6.30. The zero-order valence-electron chi connectivity index (χ0n) is 10.4. The van der Waals surface area contributed by atoms with Gasteiger partial charge in [-0.25, -0.2) is 0 Å². The molecule has 1 saturated heterocycles. The van der Waals surface area contributed by atoms with Gasteiger partial charge in [-0.2, -0.15) is 0 Å². The number of nitrogens with zero attached hydrogens (tertiary/aromatic N) is 2. The molecule has 1 aliphatic heterocycles. The number of hydrogen-bond acceptors (Lipinski definition) is 4. The van der Waals surface area contributed by atoms with Crippen LogP contribution in [0.4, 0.5) is 11.4 Å². The molecule has 5 nitrogen and oxygen atoms in total. The van der Waals surface area contributed by atoms with Crippen molar-refractivity contribution in [3.8, 4) is 0 Å². The molecule has 0 bridgehead atoms. The predicted molar refractivity (Wildman–Crippen MR) is 72.4 cm³/mol. The van der Waals surface area contributed by atoms with E-state index in [2.05, 4.69) is 19.2 Å². The topological polar surface area (TPSA) is 58.4 Å². The molecule has 18 heavy (non-hydrogen) atoms. The Hall–Kier alpha value is -1.33. The molecule has 1 aromatic carbocycles. The third kappa shape index (κ3) is 2.73. The highest BCUT2D eigenvalue weighted by atomic mass is 35.5. The van der Waals surface area contributed by atoms with Gasteiger partial charge in [0.2, 0.25) is 0 Å². The van der Waals surface area contributed by atoms with E-state index in [-0.39, 0.29) is 10.6 Å². The standard InChI is InChI=1S/C12H16ClN3O2/c1-8-6-15(7-9(2)14-8)12-5-10(13)3-4-11(12)16(17)18/h3-5,8-9,14H,6-7H2,1-2H3/t8-,9-/m0/s1. The molecule has 0 amide bonds. The fraction of sp³-hybridized carbons (Fsp3) is 0.500. The van der Waals surface area contributed by atoms with Gasteiger partial charge in [-0.3, -0.25) is 10.1 Å².